The highest BCUT2D eigenvalue weighted by atomic mass is 79.9. The first-order valence-electron chi connectivity index (χ1n) is 6.39. The predicted molar refractivity (Wildman–Crippen MR) is 87.5 cm³/mol. The number of hydrogen-bond acceptors (Lipinski definition) is 3. The van der Waals surface area contributed by atoms with E-state index in [1.165, 1.54) is 6.07 Å². The second-order valence-corrected chi connectivity index (χ2v) is 6.04. The molecule has 0 amide bonds. The van der Waals surface area contributed by atoms with Crippen LogP contribution in [0.4, 0.5) is 5.69 Å². The van der Waals surface area contributed by atoms with Gasteiger partial charge in [-0.2, -0.15) is 0 Å². The van der Waals surface area contributed by atoms with E-state index in [1.54, 1.807) is 12.1 Å². The molecule has 0 fully saturated rings. The van der Waals surface area contributed by atoms with Gasteiger partial charge in [-0.1, -0.05) is 39.7 Å². The molecular formula is C15H14BrClN2O2. The molecule has 0 aliphatic heterocycles. The van der Waals surface area contributed by atoms with Gasteiger partial charge in [0, 0.05) is 33.7 Å². The highest BCUT2D eigenvalue weighted by molar-refractivity contribution is 9.10. The van der Waals surface area contributed by atoms with Crippen molar-refractivity contribution in [3.8, 4) is 0 Å². The second-order valence-electron chi connectivity index (χ2n) is 4.69. The van der Waals surface area contributed by atoms with Gasteiger partial charge in [-0.05, 0) is 36.8 Å². The van der Waals surface area contributed by atoms with Crippen molar-refractivity contribution in [3.05, 3.63) is 73.2 Å². The Morgan fingerprint density at radius 3 is 2.76 bits per heavy atom. The molecule has 0 aromatic heterocycles. The Balaban J connectivity index is 2.12. The number of nitro benzene ring substituents is 1. The summed E-state index contributed by atoms with van der Waals surface area (Å²) in [5.41, 5.74) is 1.80. The van der Waals surface area contributed by atoms with Crippen LogP contribution in [0.5, 0.6) is 0 Å². The van der Waals surface area contributed by atoms with E-state index in [4.69, 9.17) is 11.6 Å². The maximum Gasteiger partial charge on any atom is 0.273 e. The quantitative estimate of drug-likeness (QED) is 0.605. The lowest BCUT2D eigenvalue weighted by molar-refractivity contribution is -0.385. The molecule has 0 saturated carbocycles. The van der Waals surface area contributed by atoms with Crippen LogP contribution < -0.4 is 5.32 Å². The van der Waals surface area contributed by atoms with Gasteiger partial charge in [0.05, 0.1) is 4.92 Å². The lowest BCUT2D eigenvalue weighted by Gasteiger charge is -2.15. The van der Waals surface area contributed by atoms with E-state index >= 15 is 0 Å². The molecule has 0 saturated heterocycles. The third kappa shape index (κ3) is 4.27. The van der Waals surface area contributed by atoms with Crippen LogP contribution in [0.2, 0.25) is 5.02 Å². The molecule has 0 aliphatic carbocycles. The summed E-state index contributed by atoms with van der Waals surface area (Å²) >= 11 is 9.31. The van der Waals surface area contributed by atoms with Crippen molar-refractivity contribution in [1.29, 1.82) is 0 Å². The molecule has 21 heavy (non-hydrogen) atoms. The van der Waals surface area contributed by atoms with Gasteiger partial charge in [-0.3, -0.25) is 10.1 Å². The van der Waals surface area contributed by atoms with Crippen molar-refractivity contribution in [2.45, 2.75) is 19.5 Å². The zero-order chi connectivity index (χ0) is 15.4. The van der Waals surface area contributed by atoms with E-state index in [1.807, 2.05) is 31.2 Å². The number of nitrogens with one attached hydrogen (secondary N) is 1. The van der Waals surface area contributed by atoms with Crippen LogP contribution >= 0.6 is 27.5 Å². The molecule has 0 heterocycles. The van der Waals surface area contributed by atoms with Gasteiger partial charge in [0.2, 0.25) is 0 Å². The van der Waals surface area contributed by atoms with Gasteiger partial charge >= 0.3 is 0 Å². The number of benzene rings is 2. The van der Waals surface area contributed by atoms with E-state index in [-0.39, 0.29) is 16.7 Å². The van der Waals surface area contributed by atoms with Crippen molar-refractivity contribution < 1.29 is 4.92 Å². The smallest absolute Gasteiger partial charge is 0.273 e. The Morgan fingerprint density at radius 1 is 1.33 bits per heavy atom. The third-order valence-electron chi connectivity index (χ3n) is 3.19. The van der Waals surface area contributed by atoms with Gasteiger partial charge < -0.3 is 5.32 Å². The van der Waals surface area contributed by atoms with E-state index < -0.39 is 0 Å². The molecule has 4 nitrogen and oxygen atoms in total. The van der Waals surface area contributed by atoms with Gasteiger partial charge in [-0.15, -0.1) is 0 Å². The molecule has 0 bridgehead atoms. The van der Waals surface area contributed by atoms with Crippen molar-refractivity contribution in [1.82, 2.24) is 5.32 Å². The molecule has 1 N–H and O–H groups in total. The van der Waals surface area contributed by atoms with Gasteiger partial charge in [0.25, 0.3) is 5.69 Å². The van der Waals surface area contributed by atoms with Crippen LogP contribution in [0.1, 0.15) is 24.1 Å². The predicted octanol–water partition coefficient (Wildman–Crippen LogP) is 4.86. The Labute approximate surface area is 136 Å². The van der Waals surface area contributed by atoms with Crippen molar-refractivity contribution >= 4 is 33.2 Å². The normalized spacial score (nSPS) is 12.1. The topological polar surface area (TPSA) is 55.2 Å². The lowest BCUT2D eigenvalue weighted by Crippen LogP contribution is -2.18. The number of nitro groups is 1. The maximum absolute atomic E-state index is 11.0. The highest BCUT2D eigenvalue weighted by Gasteiger charge is 2.14. The average molecular weight is 370 g/mol. The van der Waals surface area contributed by atoms with Crippen LogP contribution in [0.15, 0.2) is 46.9 Å². The molecule has 0 aliphatic rings. The summed E-state index contributed by atoms with van der Waals surface area (Å²) in [6, 6.07) is 12.5. The molecule has 6 heteroatoms. The summed E-state index contributed by atoms with van der Waals surface area (Å²) in [7, 11) is 0. The summed E-state index contributed by atoms with van der Waals surface area (Å²) in [6.07, 6.45) is 0. The van der Waals surface area contributed by atoms with E-state index in [0.29, 0.717) is 17.1 Å². The fourth-order valence-electron chi connectivity index (χ4n) is 2.03. The zero-order valence-corrected chi connectivity index (χ0v) is 13.7. The van der Waals surface area contributed by atoms with Crippen LogP contribution in [0.25, 0.3) is 0 Å². The Morgan fingerprint density at radius 2 is 2.10 bits per heavy atom. The number of hydrogen-bond donors (Lipinski definition) is 1. The molecule has 0 spiro atoms. The summed E-state index contributed by atoms with van der Waals surface area (Å²) in [5.74, 6) is 0. The maximum atomic E-state index is 11.0. The van der Waals surface area contributed by atoms with Crippen LogP contribution in [-0.4, -0.2) is 4.92 Å². The molecule has 1 atom stereocenters. The summed E-state index contributed by atoms with van der Waals surface area (Å²) < 4.78 is 0.820. The van der Waals surface area contributed by atoms with Crippen LogP contribution in [-0.2, 0) is 6.54 Å². The first kappa shape index (κ1) is 15.9. The number of rotatable bonds is 5. The SMILES string of the molecule is C[C@H](NCc1cc(Br)ccc1[N+](=O)[O-])c1cccc(Cl)c1. The monoisotopic (exact) mass is 368 g/mol. The van der Waals surface area contributed by atoms with Crippen LogP contribution in [0, 0.1) is 10.1 Å². The van der Waals surface area contributed by atoms with Crippen molar-refractivity contribution in [3.63, 3.8) is 0 Å². The Hall–Kier alpha value is -1.43. The molecule has 2 aromatic carbocycles. The van der Waals surface area contributed by atoms with E-state index in [0.717, 1.165) is 10.0 Å². The van der Waals surface area contributed by atoms with E-state index in [2.05, 4.69) is 21.2 Å². The van der Waals surface area contributed by atoms with Gasteiger partial charge in [0.15, 0.2) is 0 Å². The number of nitrogens with zero attached hydrogens (tertiary/aromatic N) is 1. The van der Waals surface area contributed by atoms with Gasteiger partial charge in [0.1, 0.15) is 0 Å². The lowest BCUT2D eigenvalue weighted by atomic mass is 10.1. The minimum absolute atomic E-state index is 0.0438. The molecule has 0 radical (unpaired) electrons. The third-order valence-corrected chi connectivity index (χ3v) is 3.91. The standard InChI is InChI=1S/C15H14BrClN2O2/c1-10(11-3-2-4-14(17)8-11)18-9-12-7-13(16)5-6-15(12)19(20)21/h2-8,10,18H,9H2,1H3/t10-/m0/s1. The van der Waals surface area contributed by atoms with Crippen molar-refractivity contribution in [2.24, 2.45) is 0 Å². The minimum atomic E-state index is -0.368. The molecule has 2 rings (SSSR count). The summed E-state index contributed by atoms with van der Waals surface area (Å²) in [6.45, 7) is 2.40. The molecule has 110 valence electrons. The largest absolute Gasteiger partial charge is 0.306 e. The van der Waals surface area contributed by atoms with Crippen molar-refractivity contribution in [2.75, 3.05) is 0 Å². The zero-order valence-electron chi connectivity index (χ0n) is 11.3. The summed E-state index contributed by atoms with van der Waals surface area (Å²) in [4.78, 5) is 10.7. The molecule has 2 aromatic rings. The minimum Gasteiger partial charge on any atom is -0.306 e. The van der Waals surface area contributed by atoms with Gasteiger partial charge in [-0.25, -0.2) is 0 Å². The van der Waals surface area contributed by atoms with Crippen LogP contribution in [0.3, 0.4) is 0 Å². The molecular weight excluding hydrogens is 356 g/mol. The highest BCUT2D eigenvalue weighted by Crippen LogP contribution is 2.24. The Kier molecular flexibility index (Phi) is 5.33. The summed E-state index contributed by atoms with van der Waals surface area (Å²) in [5, 5.41) is 15.0. The fourth-order valence-corrected chi connectivity index (χ4v) is 2.64. The second kappa shape index (κ2) is 7.02. The number of halogens is 2. The van der Waals surface area contributed by atoms with E-state index in [9.17, 15) is 10.1 Å². The molecule has 0 unspecified atom stereocenters. The fraction of sp³-hybridized carbons (Fsp3) is 0.200. The first-order chi connectivity index (χ1) is 9.97. The average Bonchev–Trinajstić information content (AvgIpc) is 2.44. The Bertz CT molecular complexity index is 664. The first-order valence-corrected chi connectivity index (χ1v) is 7.56.